The van der Waals surface area contributed by atoms with E-state index in [4.69, 9.17) is 0 Å². The second-order valence-electron chi connectivity index (χ2n) is 7.65. The Morgan fingerprint density at radius 2 is 1.65 bits per heavy atom. The third kappa shape index (κ3) is 4.15. The van der Waals surface area contributed by atoms with E-state index in [1.165, 1.54) is 23.2 Å². The van der Waals surface area contributed by atoms with Gasteiger partial charge in [0.2, 0.25) is 0 Å². The molecule has 34 heavy (non-hydrogen) atoms. The molecular formula is C25H18F3N5O. The van der Waals surface area contributed by atoms with Crippen LogP contribution in [0.2, 0.25) is 0 Å². The number of rotatable bonds is 5. The Labute approximate surface area is 192 Å². The minimum atomic E-state index is -4.74. The number of halogens is 3. The number of imidazole rings is 1. The molecule has 5 aromatic rings. The van der Waals surface area contributed by atoms with Crippen LogP contribution in [0.4, 0.5) is 24.7 Å². The van der Waals surface area contributed by atoms with Gasteiger partial charge in [-0.1, -0.05) is 36.4 Å². The predicted octanol–water partition coefficient (Wildman–Crippen LogP) is 5.39. The molecule has 0 aliphatic rings. The number of fused-ring (bicyclic) bond motifs is 1. The standard InChI is InChI=1S/C25H18F3N5O/c26-25(27,28)20-13-18(15-32-12-11-29-16-32)31-24-23(20)21(34)14-22(30-17-7-3-1-4-8-17)33(24)19-9-5-2-6-10-19/h1-14,16,30H,15H2. The van der Waals surface area contributed by atoms with Gasteiger partial charge in [-0.15, -0.1) is 0 Å². The van der Waals surface area contributed by atoms with Gasteiger partial charge in [-0.2, -0.15) is 13.2 Å². The topological polar surface area (TPSA) is 64.7 Å². The van der Waals surface area contributed by atoms with Crippen molar-refractivity contribution in [3.8, 4) is 5.69 Å². The molecule has 3 heterocycles. The molecule has 3 aromatic heterocycles. The first kappa shape index (κ1) is 21.4. The van der Waals surface area contributed by atoms with Gasteiger partial charge in [0.1, 0.15) is 5.82 Å². The third-order valence-electron chi connectivity index (χ3n) is 5.29. The zero-order valence-electron chi connectivity index (χ0n) is 17.7. The number of nitrogens with zero attached hydrogens (tertiary/aromatic N) is 4. The largest absolute Gasteiger partial charge is 0.417 e. The predicted molar refractivity (Wildman–Crippen MR) is 123 cm³/mol. The van der Waals surface area contributed by atoms with Crippen LogP contribution in [-0.2, 0) is 12.7 Å². The first-order valence-corrected chi connectivity index (χ1v) is 10.4. The molecule has 0 fully saturated rings. The lowest BCUT2D eigenvalue weighted by molar-refractivity contribution is -0.136. The maximum Gasteiger partial charge on any atom is 0.417 e. The minimum absolute atomic E-state index is 0.0678. The zero-order chi connectivity index (χ0) is 23.7. The van der Waals surface area contributed by atoms with Crippen molar-refractivity contribution in [2.75, 3.05) is 5.32 Å². The molecule has 0 amide bonds. The van der Waals surface area contributed by atoms with Crippen LogP contribution < -0.4 is 10.7 Å². The Balaban J connectivity index is 1.84. The molecule has 0 saturated heterocycles. The van der Waals surface area contributed by atoms with E-state index >= 15 is 0 Å². The summed E-state index contributed by atoms with van der Waals surface area (Å²) in [5.41, 5.74) is -0.480. The summed E-state index contributed by atoms with van der Waals surface area (Å²) in [4.78, 5) is 21.5. The van der Waals surface area contributed by atoms with Crippen LogP contribution in [0, 0.1) is 0 Å². The lowest BCUT2D eigenvalue weighted by Gasteiger charge is -2.20. The summed E-state index contributed by atoms with van der Waals surface area (Å²) in [5, 5.41) is 2.67. The fourth-order valence-corrected chi connectivity index (χ4v) is 3.83. The number of anilines is 2. The van der Waals surface area contributed by atoms with Crippen LogP contribution in [0.25, 0.3) is 16.7 Å². The van der Waals surface area contributed by atoms with Crippen molar-refractivity contribution in [3.63, 3.8) is 0 Å². The van der Waals surface area contributed by atoms with E-state index in [0.29, 0.717) is 17.2 Å². The average Bonchev–Trinajstić information content (AvgIpc) is 3.32. The normalized spacial score (nSPS) is 11.6. The second kappa shape index (κ2) is 8.51. The van der Waals surface area contributed by atoms with Gasteiger partial charge in [0, 0.05) is 29.8 Å². The maximum atomic E-state index is 14.1. The summed E-state index contributed by atoms with van der Waals surface area (Å²) in [6, 6.07) is 20.0. The Morgan fingerprint density at radius 1 is 0.941 bits per heavy atom. The molecule has 170 valence electrons. The molecule has 0 unspecified atom stereocenters. The highest BCUT2D eigenvalue weighted by Crippen LogP contribution is 2.35. The van der Waals surface area contributed by atoms with Crippen molar-refractivity contribution in [2.45, 2.75) is 12.7 Å². The quantitative estimate of drug-likeness (QED) is 0.381. The molecule has 0 atom stereocenters. The molecule has 1 N–H and O–H groups in total. The Kier molecular flexibility index (Phi) is 5.37. The molecule has 0 aliphatic carbocycles. The molecule has 0 saturated carbocycles. The minimum Gasteiger partial charge on any atom is -0.341 e. The summed E-state index contributed by atoms with van der Waals surface area (Å²) in [6.07, 6.45) is -0.0754. The van der Waals surface area contributed by atoms with Crippen molar-refractivity contribution >= 4 is 22.5 Å². The van der Waals surface area contributed by atoms with E-state index in [1.54, 1.807) is 53.2 Å². The molecule has 6 nitrogen and oxygen atoms in total. The van der Waals surface area contributed by atoms with E-state index in [2.05, 4.69) is 15.3 Å². The van der Waals surface area contributed by atoms with Crippen molar-refractivity contribution in [1.29, 1.82) is 0 Å². The number of alkyl halides is 3. The first-order chi connectivity index (χ1) is 16.4. The molecule has 2 aromatic carbocycles. The highest BCUT2D eigenvalue weighted by atomic mass is 19.4. The van der Waals surface area contributed by atoms with Gasteiger partial charge in [-0.3, -0.25) is 9.36 Å². The second-order valence-corrected chi connectivity index (χ2v) is 7.65. The molecule has 0 aliphatic heterocycles. The van der Waals surface area contributed by atoms with Gasteiger partial charge in [-0.05, 0) is 30.3 Å². The molecule has 0 spiro atoms. The van der Waals surface area contributed by atoms with Gasteiger partial charge < -0.3 is 9.88 Å². The SMILES string of the molecule is O=c1cc(Nc2ccccc2)n(-c2ccccc2)c2nc(Cn3ccnc3)cc(C(F)(F)F)c12. The van der Waals surface area contributed by atoms with Crippen LogP contribution in [-0.4, -0.2) is 19.1 Å². The maximum absolute atomic E-state index is 14.1. The highest BCUT2D eigenvalue weighted by Gasteiger charge is 2.35. The van der Waals surface area contributed by atoms with Gasteiger partial charge in [0.05, 0.1) is 29.5 Å². The highest BCUT2D eigenvalue weighted by molar-refractivity contribution is 5.84. The van der Waals surface area contributed by atoms with Crippen LogP contribution in [0.3, 0.4) is 0 Å². The van der Waals surface area contributed by atoms with Gasteiger partial charge >= 0.3 is 6.18 Å². The summed E-state index contributed by atoms with van der Waals surface area (Å²) < 4.78 is 45.5. The molecule has 9 heteroatoms. The number of nitrogens with one attached hydrogen (secondary N) is 1. The number of aromatic nitrogens is 4. The van der Waals surface area contributed by atoms with Gasteiger partial charge in [0.15, 0.2) is 11.1 Å². The van der Waals surface area contributed by atoms with E-state index in [-0.39, 0.29) is 17.9 Å². The fraction of sp³-hybridized carbons (Fsp3) is 0.0800. The average molecular weight is 461 g/mol. The smallest absolute Gasteiger partial charge is 0.341 e. The zero-order valence-corrected chi connectivity index (χ0v) is 17.7. The van der Waals surface area contributed by atoms with Crippen molar-refractivity contribution in [3.05, 3.63) is 113 Å². The Bertz CT molecular complexity index is 1500. The third-order valence-corrected chi connectivity index (χ3v) is 5.29. The van der Waals surface area contributed by atoms with Crippen LogP contribution in [0.5, 0.6) is 0 Å². The van der Waals surface area contributed by atoms with E-state index in [9.17, 15) is 18.0 Å². The van der Waals surface area contributed by atoms with Gasteiger partial charge in [0.25, 0.3) is 0 Å². The number of hydrogen-bond acceptors (Lipinski definition) is 4. The Morgan fingerprint density at radius 3 is 2.29 bits per heavy atom. The molecule has 5 rings (SSSR count). The van der Waals surface area contributed by atoms with Crippen molar-refractivity contribution in [1.82, 2.24) is 19.1 Å². The van der Waals surface area contributed by atoms with Gasteiger partial charge in [-0.25, -0.2) is 9.97 Å². The number of benzene rings is 2. The summed E-state index contributed by atoms with van der Waals surface area (Å²) >= 11 is 0. The molecule has 0 radical (unpaired) electrons. The van der Waals surface area contributed by atoms with Crippen LogP contribution in [0.1, 0.15) is 11.3 Å². The van der Waals surface area contributed by atoms with Crippen molar-refractivity contribution < 1.29 is 13.2 Å². The summed E-state index contributed by atoms with van der Waals surface area (Å²) in [5.74, 6) is 0.301. The van der Waals surface area contributed by atoms with Crippen molar-refractivity contribution in [2.24, 2.45) is 0 Å². The van der Waals surface area contributed by atoms with Crippen LogP contribution >= 0.6 is 0 Å². The monoisotopic (exact) mass is 461 g/mol. The van der Waals surface area contributed by atoms with E-state index in [1.807, 2.05) is 18.2 Å². The first-order valence-electron chi connectivity index (χ1n) is 10.4. The molecule has 0 bridgehead atoms. The lowest BCUT2D eigenvalue weighted by Crippen LogP contribution is -2.19. The fourth-order valence-electron chi connectivity index (χ4n) is 3.83. The number of pyridine rings is 2. The number of hydrogen-bond donors (Lipinski definition) is 1. The summed E-state index contributed by atoms with van der Waals surface area (Å²) in [7, 11) is 0. The Hall–Kier alpha value is -4.40. The molecular weight excluding hydrogens is 443 g/mol. The van der Waals surface area contributed by atoms with Crippen LogP contribution in [0.15, 0.2) is 96.3 Å². The summed E-state index contributed by atoms with van der Waals surface area (Å²) in [6.45, 7) is 0.0678. The lowest BCUT2D eigenvalue weighted by atomic mass is 10.1. The van der Waals surface area contributed by atoms with E-state index in [0.717, 1.165) is 6.07 Å². The number of para-hydroxylation sites is 2. The van der Waals surface area contributed by atoms with E-state index < -0.39 is 22.6 Å².